The maximum Gasteiger partial charge on any atom is 0.220 e. The molecule has 1 N–H and O–H groups in total. The number of ketones is 1. The first-order valence-electron chi connectivity index (χ1n) is 12.6. The van der Waals surface area contributed by atoms with Crippen LogP contribution in [-0.4, -0.2) is 41.3 Å². The fourth-order valence-electron chi connectivity index (χ4n) is 6.47. The van der Waals surface area contributed by atoms with E-state index in [1.54, 1.807) is 6.92 Å². The molecule has 4 unspecified atom stereocenters. The summed E-state index contributed by atoms with van der Waals surface area (Å²) in [6.45, 7) is 11.1. The minimum absolute atomic E-state index is 0.274. The molecule has 0 aromatic heterocycles. The third-order valence-electron chi connectivity index (χ3n) is 7.35. The highest BCUT2D eigenvalue weighted by Crippen LogP contribution is 2.41. The topological polar surface area (TPSA) is 49.4 Å². The molecule has 1 amide bonds. The Bertz CT molecular complexity index is 564. The van der Waals surface area contributed by atoms with Gasteiger partial charge in [0, 0.05) is 24.5 Å². The molecule has 4 rings (SSSR count). The zero-order chi connectivity index (χ0) is 21.9. The first kappa shape index (κ1) is 23.8. The van der Waals surface area contributed by atoms with Crippen molar-refractivity contribution in [2.24, 2.45) is 23.2 Å². The van der Waals surface area contributed by atoms with Gasteiger partial charge in [0.2, 0.25) is 5.91 Å². The van der Waals surface area contributed by atoms with Crippen LogP contribution in [0.1, 0.15) is 105 Å². The Morgan fingerprint density at radius 3 is 1.90 bits per heavy atom. The van der Waals surface area contributed by atoms with E-state index in [1.807, 2.05) is 0 Å². The number of fused-ring (bicyclic) bond motifs is 4. The summed E-state index contributed by atoms with van der Waals surface area (Å²) in [6, 6.07) is 1.51. The van der Waals surface area contributed by atoms with Crippen LogP contribution in [0.15, 0.2) is 0 Å². The summed E-state index contributed by atoms with van der Waals surface area (Å²) in [7, 11) is 0. The average Bonchev–Trinajstić information content (AvgIpc) is 2.82. The van der Waals surface area contributed by atoms with E-state index >= 15 is 0 Å². The Hall–Kier alpha value is -0.900. The second kappa shape index (κ2) is 10.1. The molecule has 4 atom stereocenters. The van der Waals surface area contributed by atoms with E-state index in [4.69, 9.17) is 0 Å². The van der Waals surface area contributed by atoms with Crippen molar-refractivity contribution in [2.45, 2.75) is 123 Å². The van der Waals surface area contributed by atoms with Crippen molar-refractivity contribution < 1.29 is 9.59 Å². The molecular formula is C26H46N2O2. The highest BCUT2D eigenvalue weighted by atomic mass is 16.1. The van der Waals surface area contributed by atoms with Crippen LogP contribution in [0.5, 0.6) is 0 Å². The summed E-state index contributed by atoms with van der Waals surface area (Å²) >= 11 is 0. The fraction of sp³-hybridized carbons (Fsp3) is 0.923. The highest BCUT2D eigenvalue weighted by molar-refractivity contribution is 5.78. The predicted molar refractivity (Wildman–Crippen MR) is 123 cm³/mol. The van der Waals surface area contributed by atoms with Crippen molar-refractivity contribution in [1.29, 1.82) is 0 Å². The largest absolute Gasteiger partial charge is 0.353 e. The molecule has 2 heterocycles. The summed E-state index contributed by atoms with van der Waals surface area (Å²) in [4.78, 5) is 26.5. The van der Waals surface area contributed by atoms with E-state index in [0.29, 0.717) is 42.4 Å². The molecule has 2 aliphatic heterocycles. The molecule has 2 saturated carbocycles. The van der Waals surface area contributed by atoms with Crippen LogP contribution in [0.25, 0.3) is 0 Å². The number of nitrogens with one attached hydrogen (secondary N) is 1. The Balaban J connectivity index is 0.000000461. The molecule has 4 bridgehead atoms. The van der Waals surface area contributed by atoms with Gasteiger partial charge in [-0.3, -0.25) is 14.5 Å². The quantitative estimate of drug-likeness (QED) is 0.655. The van der Waals surface area contributed by atoms with Crippen LogP contribution in [0.3, 0.4) is 0 Å². The van der Waals surface area contributed by atoms with Gasteiger partial charge in [-0.1, -0.05) is 47.0 Å². The number of carbonyl (C=O) groups excluding carboxylic acids is 2. The van der Waals surface area contributed by atoms with Gasteiger partial charge in [-0.05, 0) is 75.0 Å². The lowest BCUT2D eigenvalue weighted by molar-refractivity contribution is -0.124. The standard InChI is InChI=1S/C21H34N2O2.C5H12/c1-14(24)13-23-19-5-6-20(23)11-17(10-19)12-21(25)22-18-8-15-3-2-4-16(7-15)9-18;1-5(2,3)4/h15-20H,2-13H2,1H3,(H,22,25);1-4H3. The molecule has 0 aromatic carbocycles. The molecule has 30 heavy (non-hydrogen) atoms. The summed E-state index contributed by atoms with van der Waals surface area (Å²) in [5, 5.41) is 3.38. The summed E-state index contributed by atoms with van der Waals surface area (Å²) in [5.41, 5.74) is 0.500. The Kier molecular flexibility index (Phi) is 8.03. The van der Waals surface area contributed by atoms with E-state index < -0.39 is 0 Å². The molecular weight excluding hydrogens is 372 g/mol. The number of carbonyl (C=O) groups is 2. The molecule has 2 aliphatic carbocycles. The minimum Gasteiger partial charge on any atom is -0.353 e. The first-order valence-corrected chi connectivity index (χ1v) is 12.6. The monoisotopic (exact) mass is 418 g/mol. The number of Topliss-reactive ketones (excluding diaryl/α,β-unsaturated/α-hetero) is 1. The van der Waals surface area contributed by atoms with Crippen LogP contribution in [0, 0.1) is 23.2 Å². The van der Waals surface area contributed by atoms with Crippen LogP contribution in [-0.2, 0) is 9.59 Å². The highest BCUT2D eigenvalue weighted by Gasteiger charge is 2.41. The number of hydrogen-bond donors (Lipinski definition) is 1. The van der Waals surface area contributed by atoms with Gasteiger partial charge < -0.3 is 5.32 Å². The maximum absolute atomic E-state index is 12.6. The van der Waals surface area contributed by atoms with Crippen molar-refractivity contribution in [1.82, 2.24) is 10.2 Å². The molecule has 2 saturated heterocycles. The molecule has 0 aromatic rings. The zero-order valence-corrected chi connectivity index (χ0v) is 20.2. The van der Waals surface area contributed by atoms with Gasteiger partial charge in [0.25, 0.3) is 0 Å². The first-order chi connectivity index (χ1) is 14.1. The van der Waals surface area contributed by atoms with Crippen molar-refractivity contribution in [3.05, 3.63) is 0 Å². The second-order valence-corrected chi connectivity index (χ2v) is 12.4. The van der Waals surface area contributed by atoms with Gasteiger partial charge in [-0.25, -0.2) is 0 Å². The third kappa shape index (κ3) is 7.35. The van der Waals surface area contributed by atoms with E-state index in [9.17, 15) is 9.59 Å². The molecule has 0 radical (unpaired) electrons. The van der Waals surface area contributed by atoms with Crippen LogP contribution >= 0.6 is 0 Å². The lowest BCUT2D eigenvalue weighted by atomic mass is 9.70. The summed E-state index contributed by atoms with van der Waals surface area (Å²) < 4.78 is 0. The van der Waals surface area contributed by atoms with E-state index in [0.717, 1.165) is 24.7 Å². The normalized spacial score (nSPS) is 35.9. The molecule has 0 spiro atoms. The number of rotatable bonds is 5. The molecule has 4 nitrogen and oxygen atoms in total. The average molecular weight is 419 g/mol. The van der Waals surface area contributed by atoms with E-state index in [-0.39, 0.29) is 11.7 Å². The number of nitrogens with zero attached hydrogens (tertiary/aromatic N) is 1. The Morgan fingerprint density at radius 1 is 0.867 bits per heavy atom. The molecule has 4 fully saturated rings. The van der Waals surface area contributed by atoms with Crippen LogP contribution in [0.2, 0.25) is 0 Å². The van der Waals surface area contributed by atoms with E-state index in [2.05, 4.69) is 37.9 Å². The maximum atomic E-state index is 12.6. The Labute approximate surface area is 184 Å². The Morgan fingerprint density at radius 2 is 1.40 bits per heavy atom. The smallest absolute Gasteiger partial charge is 0.220 e. The third-order valence-corrected chi connectivity index (χ3v) is 7.35. The van der Waals surface area contributed by atoms with Crippen molar-refractivity contribution >= 4 is 11.7 Å². The minimum atomic E-state index is 0.274. The summed E-state index contributed by atoms with van der Waals surface area (Å²) in [6.07, 6.45) is 13.3. The van der Waals surface area contributed by atoms with E-state index in [1.165, 1.54) is 51.4 Å². The van der Waals surface area contributed by atoms with Gasteiger partial charge >= 0.3 is 0 Å². The van der Waals surface area contributed by atoms with Gasteiger partial charge in [0.1, 0.15) is 5.78 Å². The van der Waals surface area contributed by atoms with Crippen LogP contribution in [0.4, 0.5) is 0 Å². The second-order valence-electron chi connectivity index (χ2n) is 12.4. The summed E-state index contributed by atoms with van der Waals surface area (Å²) in [5.74, 6) is 2.81. The lowest BCUT2D eigenvalue weighted by Gasteiger charge is -2.40. The molecule has 4 aliphatic rings. The van der Waals surface area contributed by atoms with Crippen molar-refractivity contribution in [3.63, 3.8) is 0 Å². The van der Waals surface area contributed by atoms with Crippen LogP contribution < -0.4 is 5.32 Å². The van der Waals surface area contributed by atoms with Crippen molar-refractivity contribution in [3.8, 4) is 0 Å². The fourth-order valence-corrected chi connectivity index (χ4v) is 6.47. The van der Waals surface area contributed by atoms with Gasteiger partial charge in [0.05, 0.1) is 6.54 Å². The number of amides is 1. The SMILES string of the molecule is CC(=O)CN1C2CCC1CC(CC(=O)NC1CC3CCCC(C3)C1)C2.CC(C)(C)C. The van der Waals surface area contributed by atoms with Gasteiger partial charge in [-0.2, -0.15) is 0 Å². The predicted octanol–water partition coefficient (Wildman–Crippen LogP) is 5.35. The number of hydrogen-bond acceptors (Lipinski definition) is 3. The lowest BCUT2D eigenvalue weighted by Crippen LogP contribution is -2.47. The molecule has 4 heteroatoms. The van der Waals surface area contributed by atoms with Gasteiger partial charge in [0.15, 0.2) is 0 Å². The zero-order valence-electron chi connectivity index (χ0n) is 20.2. The number of piperidine rings is 1. The van der Waals surface area contributed by atoms with Gasteiger partial charge in [-0.15, -0.1) is 0 Å². The van der Waals surface area contributed by atoms with Crippen molar-refractivity contribution in [2.75, 3.05) is 6.54 Å². The molecule has 172 valence electrons.